The second-order valence-electron chi connectivity index (χ2n) is 6.58. The molecule has 1 aliphatic rings. The van der Waals surface area contributed by atoms with Crippen LogP contribution in [0, 0.1) is 11.3 Å². The van der Waals surface area contributed by atoms with Crippen LogP contribution >= 0.6 is 0 Å². The topological polar surface area (TPSA) is 46.3 Å². The van der Waals surface area contributed by atoms with E-state index in [1.807, 2.05) is 18.9 Å². The maximum atomic E-state index is 12.7. The first-order valence-corrected chi connectivity index (χ1v) is 7.38. The van der Waals surface area contributed by atoms with Crippen LogP contribution in [-0.4, -0.2) is 30.4 Å². The molecule has 0 saturated heterocycles. The lowest BCUT2D eigenvalue weighted by molar-refractivity contribution is -0.141. The van der Waals surface area contributed by atoms with E-state index in [1.54, 1.807) is 0 Å². The van der Waals surface area contributed by atoms with Gasteiger partial charge in [0.2, 0.25) is 5.91 Å². The van der Waals surface area contributed by atoms with Gasteiger partial charge < -0.3 is 10.6 Å². The van der Waals surface area contributed by atoms with Gasteiger partial charge in [-0.25, -0.2) is 0 Å². The highest BCUT2D eigenvalue weighted by atomic mass is 16.2. The predicted molar refractivity (Wildman–Crippen MR) is 76.3 cm³/mol. The van der Waals surface area contributed by atoms with E-state index < -0.39 is 0 Å². The number of nitrogens with zero attached hydrogens (tertiary/aromatic N) is 1. The molecule has 0 aromatic carbocycles. The van der Waals surface area contributed by atoms with Crippen LogP contribution in [0.15, 0.2) is 0 Å². The van der Waals surface area contributed by atoms with Crippen molar-refractivity contribution in [3.8, 4) is 0 Å². The molecule has 0 aromatic rings. The second-order valence-corrected chi connectivity index (χ2v) is 6.58. The number of carbonyl (C=O) groups is 1. The van der Waals surface area contributed by atoms with Crippen LogP contribution in [-0.2, 0) is 4.79 Å². The van der Waals surface area contributed by atoms with E-state index in [1.165, 1.54) is 12.8 Å². The fraction of sp³-hybridized carbons (Fsp3) is 0.933. The van der Waals surface area contributed by atoms with Gasteiger partial charge >= 0.3 is 0 Å². The van der Waals surface area contributed by atoms with Gasteiger partial charge in [0.1, 0.15) is 0 Å². The summed E-state index contributed by atoms with van der Waals surface area (Å²) in [5, 5.41) is 0. The Bertz CT molecular complexity index is 268. The van der Waals surface area contributed by atoms with Crippen LogP contribution in [0.25, 0.3) is 0 Å². The highest BCUT2D eigenvalue weighted by molar-refractivity contribution is 5.82. The Kier molecular flexibility index (Phi) is 5.64. The predicted octanol–water partition coefficient (Wildman–Crippen LogP) is 2.79. The van der Waals surface area contributed by atoms with E-state index in [-0.39, 0.29) is 11.5 Å². The normalized spacial score (nSPS) is 20.1. The van der Waals surface area contributed by atoms with Gasteiger partial charge in [-0.3, -0.25) is 4.79 Å². The summed E-state index contributed by atoms with van der Waals surface area (Å²) in [5.74, 6) is 0.947. The number of rotatable bonds is 6. The zero-order chi connectivity index (χ0) is 13.8. The van der Waals surface area contributed by atoms with E-state index in [9.17, 15) is 4.79 Å². The van der Waals surface area contributed by atoms with Crippen molar-refractivity contribution in [1.29, 1.82) is 0 Å². The molecule has 1 saturated carbocycles. The lowest BCUT2D eigenvalue weighted by Crippen LogP contribution is -2.42. The molecule has 1 unspecified atom stereocenters. The first-order chi connectivity index (χ1) is 8.37. The van der Waals surface area contributed by atoms with Gasteiger partial charge in [-0.2, -0.15) is 0 Å². The Hall–Kier alpha value is -0.570. The zero-order valence-electron chi connectivity index (χ0n) is 12.5. The van der Waals surface area contributed by atoms with Crippen LogP contribution in [0.2, 0.25) is 0 Å². The van der Waals surface area contributed by atoms with Gasteiger partial charge in [-0.05, 0) is 38.5 Å². The summed E-state index contributed by atoms with van der Waals surface area (Å²) in [6, 6.07) is 0.171. The summed E-state index contributed by atoms with van der Waals surface area (Å²) in [5.41, 5.74) is 5.70. The van der Waals surface area contributed by atoms with Gasteiger partial charge in [0.05, 0.1) is 0 Å². The lowest BCUT2D eigenvalue weighted by atomic mass is 9.77. The van der Waals surface area contributed by atoms with Gasteiger partial charge in [-0.1, -0.05) is 26.7 Å². The lowest BCUT2D eigenvalue weighted by Gasteiger charge is -2.34. The molecule has 1 fully saturated rings. The molecule has 0 spiro atoms. The summed E-state index contributed by atoms with van der Waals surface area (Å²) in [6.07, 6.45) is 6.49. The summed E-state index contributed by atoms with van der Waals surface area (Å²) in [6.45, 7) is 7.22. The smallest absolute Gasteiger partial charge is 0.228 e. The molecule has 3 nitrogen and oxygen atoms in total. The molecule has 106 valence electrons. The first kappa shape index (κ1) is 15.5. The van der Waals surface area contributed by atoms with Crippen molar-refractivity contribution in [2.45, 2.75) is 65.3 Å². The molecule has 0 heterocycles. The maximum Gasteiger partial charge on any atom is 0.228 e. The summed E-state index contributed by atoms with van der Waals surface area (Å²) in [7, 11) is 1.94. The SMILES string of the molecule is CC(C)CC1(C(=O)N(C)CCC(C)N)CCCC1. The van der Waals surface area contributed by atoms with Crippen molar-refractivity contribution >= 4 is 5.91 Å². The quantitative estimate of drug-likeness (QED) is 0.792. The standard InChI is InChI=1S/C15H30N2O/c1-12(2)11-15(8-5-6-9-15)14(18)17(4)10-7-13(3)16/h12-13H,5-11,16H2,1-4H3. The highest BCUT2D eigenvalue weighted by Crippen LogP contribution is 2.44. The molecule has 0 bridgehead atoms. The fourth-order valence-corrected chi connectivity index (χ4v) is 3.24. The van der Waals surface area contributed by atoms with E-state index >= 15 is 0 Å². The third kappa shape index (κ3) is 3.98. The third-order valence-corrected chi connectivity index (χ3v) is 4.08. The van der Waals surface area contributed by atoms with E-state index in [4.69, 9.17) is 5.73 Å². The second kappa shape index (κ2) is 6.55. The Morgan fingerprint density at radius 1 is 1.28 bits per heavy atom. The van der Waals surface area contributed by atoms with Gasteiger partial charge in [0.25, 0.3) is 0 Å². The Balaban J connectivity index is 2.64. The largest absolute Gasteiger partial charge is 0.345 e. The van der Waals surface area contributed by atoms with Crippen molar-refractivity contribution in [3.63, 3.8) is 0 Å². The Labute approximate surface area is 112 Å². The van der Waals surface area contributed by atoms with Gasteiger partial charge in [0, 0.05) is 25.0 Å². The van der Waals surface area contributed by atoms with Crippen molar-refractivity contribution in [3.05, 3.63) is 0 Å². The number of amides is 1. The average molecular weight is 254 g/mol. The van der Waals surface area contributed by atoms with Crippen LogP contribution < -0.4 is 5.73 Å². The molecule has 1 atom stereocenters. The van der Waals surface area contributed by atoms with Crippen molar-refractivity contribution < 1.29 is 4.79 Å². The van der Waals surface area contributed by atoms with Crippen molar-refractivity contribution in [1.82, 2.24) is 4.90 Å². The van der Waals surface area contributed by atoms with Crippen molar-refractivity contribution in [2.75, 3.05) is 13.6 Å². The molecule has 1 rings (SSSR count). The molecular formula is C15H30N2O. The fourth-order valence-electron chi connectivity index (χ4n) is 3.24. The molecule has 1 aliphatic carbocycles. The summed E-state index contributed by atoms with van der Waals surface area (Å²) in [4.78, 5) is 14.6. The van der Waals surface area contributed by atoms with E-state index in [2.05, 4.69) is 13.8 Å². The van der Waals surface area contributed by atoms with Crippen molar-refractivity contribution in [2.24, 2.45) is 17.1 Å². The van der Waals surface area contributed by atoms with Crippen LogP contribution in [0.4, 0.5) is 0 Å². The molecule has 3 heteroatoms. The number of nitrogens with two attached hydrogens (primary N) is 1. The minimum atomic E-state index is -0.0687. The maximum absolute atomic E-state index is 12.7. The molecule has 0 radical (unpaired) electrons. The van der Waals surface area contributed by atoms with Crippen LogP contribution in [0.5, 0.6) is 0 Å². The molecular weight excluding hydrogens is 224 g/mol. The summed E-state index contributed by atoms with van der Waals surface area (Å²) >= 11 is 0. The average Bonchev–Trinajstić information content (AvgIpc) is 2.73. The number of hydrogen-bond acceptors (Lipinski definition) is 2. The Morgan fingerprint density at radius 2 is 1.83 bits per heavy atom. The molecule has 18 heavy (non-hydrogen) atoms. The first-order valence-electron chi connectivity index (χ1n) is 7.38. The minimum Gasteiger partial charge on any atom is -0.345 e. The highest BCUT2D eigenvalue weighted by Gasteiger charge is 2.42. The number of carbonyl (C=O) groups excluding carboxylic acids is 1. The van der Waals surface area contributed by atoms with Gasteiger partial charge in [-0.15, -0.1) is 0 Å². The monoisotopic (exact) mass is 254 g/mol. The summed E-state index contributed by atoms with van der Waals surface area (Å²) < 4.78 is 0. The number of hydrogen-bond donors (Lipinski definition) is 1. The minimum absolute atomic E-state index is 0.0687. The van der Waals surface area contributed by atoms with Crippen LogP contribution in [0.1, 0.15) is 59.3 Å². The molecule has 0 aliphatic heterocycles. The molecule has 0 aromatic heterocycles. The van der Waals surface area contributed by atoms with Crippen LogP contribution in [0.3, 0.4) is 0 Å². The molecule has 1 amide bonds. The van der Waals surface area contributed by atoms with E-state index in [0.29, 0.717) is 11.8 Å². The zero-order valence-corrected chi connectivity index (χ0v) is 12.5. The van der Waals surface area contributed by atoms with E-state index in [0.717, 1.165) is 32.2 Å². The Morgan fingerprint density at radius 3 is 2.28 bits per heavy atom. The van der Waals surface area contributed by atoms with Gasteiger partial charge in [0.15, 0.2) is 0 Å². The third-order valence-electron chi connectivity index (χ3n) is 4.08. The molecule has 2 N–H and O–H groups in total.